The molecule has 0 aliphatic heterocycles. The van der Waals surface area contributed by atoms with Gasteiger partial charge in [0.05, 0.1) is 0 Å². The van der Waals surface area contributed by atoms with E-state index >= 15 is 0 Å². The predicted octanol–water partition coefficient (Wildman–Crippen LogP) is -1.23. The van der Waals surface area contributed by atoms with Gasteiger partial charge in [-0.05, 0) is 0 Å². The average Bonchev–Trinajstić information content (AvgIpc) is 2.07. The van der Waals surface area contributed by atoms with E-state index in [9.17, 15) is 8.39 Å². The van der Waals surface area contributed by atoms with Gasteiger partial charge in [0, 0.05) is 0 Å². The van der Waals surface area contributed by atoms with Crippen LogP contribution in [0.1, 0.15) is 0 Å². The molecule has 0 aromatic rings. The molecule has 0 amide bonds. The Morgan fingerprint density at radius 1 is 0.750 bits per heavy atom. The molecule has 56 valence electrons. The van der Waals surface area contributed by atoms with Crippen LogP contribution in [0, 0.1) is 44.3 Å². The Kier molecular flexibility index (Phi) is 2.71. The SMILES string of the molecule is N#C[P-](F)(F)(C#N)(C#N)C#N.[Li+]. The molecule has 0 radical (unpaired) electrons. The Morgan fingerprint density at radius 3 is 0.917 bits per heavy atom. The Morgan fingerprint density at radius 2 is 0.917 bits per heavy atom. The summed E-state index contributed by atoms with van der Waals surface area (Å²) in [6.07, 6.45) is 0. The molecule has 0 spiro atoms. The fourth-order valence-electron chi connectivity index (χ4n) is 0.134. The summed E-state index contributed by atoms with van der Waals surface area (Å²) >= 11 is 0. The van der Waals surface area contributed by atoms with Gasteiger partial charge >= 0.3 is 78.1 Å². The van der Waals surface area contributed by atoms with Gasteiger partial charge in [-0.15, -0.1) is 0 Å². The minimum Gasteiger partial charge on any atom is 1.00 e. The minimum atomic E-state index is -7.59. The molecule has 0 aliphatic rings. The van der Waals surface area contributed by atoms with E-state index in [1.807, 2.05) is 0 Å². The van der Waals surface area contributed by atoms with Gasteiger partial charge in [0.2, 0.25) is 0 Å². The summed E-state index contributed by atoms with van der Waals surface area (Å²) in [5.74, 6) is 0.949. The normalized spacial score (nSPS) is 14.2. The van der Waals surface area contributed by atoms with Crippen molar-refractivity contribution in [2.75, 3.05) is 0 Å². The first-order chi connectivity index (χ1) is 4.80. The van der Waals surface area contributed by atoms with E-state index in [0.717, 1.165) is 0 Å². The third kappa shape index (κ3) is 1.53. The minimum absolute atomic E-state index is 0. The first-order valence-corrected chi connectivity index (χ1v) is 4.59. The molecular weight excluding hydrogens is 180 g/mol. The van der Waals surface area contributed by atoms with Crippen molar-refractivity contribution < 1.29 is 27.3 Å². The third-order valence-electron chi connectivity index (χ3n) is 0.902. The monoisotopic (exact) mass is 180 g/mol. The van der Waals surface area contributed by atoms with Crippen LogP contribution < -0.4 is 18.9 Å². The maximum Gasteiger partial charge on any atom is 1.00 e. The van der Waals surface area contributed by atoms with Crippen LogP contribution >= 0.6 is 6.57 Å². The number of nitrogens with zero attached hydrogens (tertiary/aromatic N) is 4. The average molecular weight is 180 g/mol. The molecule has 0 atom stereocenters. The number of hydrogen-bond donors (Lipinski definition) is 0. The van der Waals surface area contributed by atoms with Gasteiger partial charge in [-0.2, -0.15) is 0 Å². The Labute approximate surface area is 78.5 Å². The van der Waals surface area contributed by atoms with Crippen molar-refractivity contribution in [3.05, 3.63) is 0 Å². The van der Waals surface area contributed by atoms with E-state index in [0.29, 0.717) is 0 Å². The Bertz CT molecular complexity index is 312. The van der Waals surface area contributed by atoms with Crippen LogP contribution in [-0.4, -0.2) is 0 Å². The van der Waals surface area contributed by atoms with Crippen LogP contribution in [0.2, 0.25) is 0 Å². The molecule has 0 aromatic carbocycles. The van der Waals surface area contributed by atoms with Gasteiger partial charge < -0.3 is 0 Å². The van der Waals surface area contributed by atoms with E-state index in [-0.39, 0.29) is 42.1 Å². The standard InChI is InChI=1S/C4F2N4P.Li/c5-11(6,1-7,2-8,3-9)4-10;/q-1;+1. The van der Waals surface area contributed by atoms with E-state index in [4.69, 9.17) is 21.0 Å². The summed E-state index contributed by atoms with van der Waals surface area (Å²) < 4.78 is 25.6. The van der Waals surface area contributed by atoms with Gasteiger partial charge in [0.1, 0.15) is 0 Å². The van der Waals surface area contributed by atoms with Gasteiger partial charge in [0.15, 0.2) is 0 Å². The summed E-state index contributed by atoms with van der Waals surface area (Å²) in [6.45, 7) is -7.59. The molecule has 0 bridgehead atoms. The summed E-state index contributed by atoms with van der Waals surface area (Å²) in [6, 6.07) is 0. The maximum atomic E-state index is 12.8. The quantitative estimate of drug-likeness (QED) is 0.344. The van der Waals surface area contributed by atoms with Crippen molar-refractivity contribution in [3.8, 4) is 23.2 Å². The van der Waals surface area contributed by atoms with Crippen LogP contribution in [0.4, 0.5) is 8.39 Å². The van der Waals surface area contributed by atoms with E-state index in [2.05, 4.69) is 0 Å². The van der Waals surface area contributed by atoms with Crippen molar-refractivity contribution in [2.45, 2.75) is 0 Å². The molecule has 0 saturated carbocycles. The summed E-state index contributed by atoms with van der Waals surface area (Å²) in [5.41, 5.74) is 0. The van der Waals surface area contributed by atoms with Crippen molar-refractivity contribution in [3.63, 3.8) is 0 Å². The Balaban J connectivity index is 0. The van der Waals surface area contributed by atoms with Gasteiger partial charge in [0.25, 0.3) is 0 Å². The predicted molar refractivity (Wildman–Crippen MR) is 31.6 cm³/mol. The largest absolute Gasteiger partial charge is 1.00 e. The summed E-state index contributed by atoms with van der Waals surface area (Å²) in [7, 11) is 0. The molecule has 0 aromatic heterocycles. The van der Waals surface area contributed by atoms with Crippen LogP contribution in [0.3, 0.4) is 0 Å². The molecule has 0 aliphatic carbocycles. The van der Waals surface area contributed by atoms with Crippen LogP contribution in [0.25, 0.3) is 0 Å². The molecule has 0 unspecified atom stereocenters. The molecular formula is C4F2LiN4P. The number of rotatable bonds is 0. The second kappa shape index (κ2) is 2.42. The zero-order valence-corrected chi connectivity index (χ0v) is 6.89. The van der Waals surface area contributed by atoms with E-state index in [1.54, 1.807) is 0 Å². The van der Waals surface area contributed by atoms with E-state index in [1.165, 1.54) is 0 Å². The van der Waals surface area contributed by atoms with Gasteiger partial charge in [-0.1, -0.05) is 0 Å². The molecule has 0 fully saturated rings. The third-order valence-corrected chi connectivity index (χ3v) is 2.71. The topological polar surface area (TPSA) is 95.2 Å². The Hall–Kier alpha value is -1.15. The first-order valence-electron chi connectivity index (χ1n) is 2.13. The van der Waals surface area contributed by atoms with Gasteiger partial charge in [-0.3, -0.25) is 0 Å². The van der Waals surface area contributed by atoms with Crippen molar-refractivity contribution in [1.82, 2.24) is 0 Å². The number of halogens is 2. The van der Waals surface area contributed by atoms with Crippen molar-refractivity contribution in [2.24, 2.45) is 0 Å². The van der Waals surface area contributed by atoms with E-state index < -0.39 is 6.57 Å². The molecule has 0 heterocycles. The van der Waals surface area contributed by atoms with Crippen LogP contribution in [-0.2, 0) is 0 Å². The summed E-state index contributed by atoms with van der Waals surface area (Å²) in [5, 5.41) is 31.6. The smallest absolute Gasteiger partial charge is 1.00 e. The van der Waals surface area contributed by atoms with Gasteiger partial charge in [-0.25, -0.2) is 0 Å². The number of hydrogen-bond acceptors (Lipinski definition) is 4. The zero-order valence-electron chi connectivity index (χ0n) is 5.99. The molecule has 0 N–H and O–H groups in total. The molecule has 0 rings (SSSR count). The molecule has 8 heteroatoms. The second-order valence-corrected chi connectivity index (χ2v) is 5.43. The fourth-order valence-corrected chi connectivity index (χ4v) is 0.402. The van der Waals surface area contributed by atoms with Crippen LogP contribution in [0.5, 0.6) is 0 Å². The first kappa shape index (κ1) is 13.4. The second-order valence-electron chi connectivity index (χ2n) is 1.81. The zero-order chi connectivity index (χ0) is 9.24. The fraction of sp³-hybridized carbons (Fsp3) is 0. The van der Waals surface area contributed by atoms with Crippen molar-refractivity contribution in [1.29, 1.82) is 21.0 Å². The molecule has 4 nitrogen and oxygen atoms in total. The molecule has 12 heavy (non-hydrogen) atoms. The van der Waals surface area contributed by atoms with Crippen LogP contribution in [0.15, 0.2) is 0 Å². The number of nitriles is 4. The van der Waals surface area contributed by atoms with Crippen molar-refractivity contribution >= 4 is 6.57 Å². The summed E-state index contributed by atoms with van der Waals surface area (Å²) in [4.78, 5) is 0. The molecule has 0 saturated heterocycles. The maximum absolute atomic E-state index is 12.8.